The number of hydrogen-bond donors (Lipinski definition) is 1. The van der Waals surface area contributed by atoms with E-state index in [0.717, 1.165) is 5.56 Å². The van der Waals surface area contributed by atoms with Crippen molar-refractivity contribution in [2.45, 2.75) is 13.8 Å². The SMILES string of the molecule is CC[N]c1ccc(C)cc1C(N)=O. The predicted molar refractivity (Wildman–Crippen MR) is 52.0 cm³/mol. The minimum atomic E-state index is -0.420. The average molecular weight is 177 g/mol. The lowest BCUT2D eigenvalue weighted by molar-refractivity contribution is 0.100. The van der Waals surface area contributed by atoms with Crippen molar-refractivity contribution in [2.24, 2.45) is 5.73 Å². The van der Waals surface area contributed by atoms with Gasteiger partial charge in [0.2, 0.25) is 0 Å². The summed E-state index contributed by atoms with van der Waals surface area (Å²) in [6, 6.07) is 5.50. The zero-order chi connectivity index (χ0) is 9.84. The number of carbonyl (C=O) groups is 1. The molecule has 3 heteroatoms. The molecule has 1 rings (SSSR count). The fourth-order valence-electron chi connectivity index (χ4n) is 1.16. The second-order valence-electron chi connectivity index (χ2n) is 2.86. The van der Waals surface area contributed by atoms with E-state index in [1.165, 1.54) is 0 Å². The summed E-state index contributed by atoms with van der Waals surface area (Å²) in [5.41, 5.74) is 7.42. The highest BCUT2D eigenvalue weighted by Gasteiger charge is 2.07. The Morgan fingerprint density at radius 3 is 2.77 bits per heavy atom. The molecular formula is C10H13N2O. The molecule has 1 aromatic rings. The summed E-state index contributed by atoms with van der Waals surface area (Å²) >= 11 is 0. The maximum absolute atomic E-state index is 11.0. The highest BCUT2D eigenvalue weighted by atomic mass is 16.1. The molecule has 1 amide bonds. The summed E-state index contributed by atoms with van der Waals surface area (Å²) < 4.78 is 0. The van der Waals surface area contributed by atoms with Crippen molar-refractivity contribution >= 4 is 11.6 Å². The summed E-state index contributed by atoms with van der Waals surface area (Å²) in [5.74, 6) is -0.420. The topological polar surface area (TPSA) is 57.2 Å². The van der Waals surface area contributed by atoms with Crippen molar-refractivity contribution in [3.8, 4) is 0 Å². The minimum absolute atomic E-state index is 0.420. The number of nitrogens with two attached hydrogens (primary N) is 1. The van der Waals surface area contributed by atoms with E-state index in [4.69, 9.17) is 5.73 Å². The molecule has 0 bridgehead atoms. The molecule has 0 spiro atoms. The van der Waals surface area contributed by atoms with Gasteiger partial charge in [-0.05, 0) is 26.0 Å². The fraction of sp³-hybridized carbons (Fsp3) is 0.300. The molecule has 0 fully saturated rings. The summed E-state index contributed by atoms with van der Waals surface area (Å²) in [6.45, 7) is 4.50. The first-order valence-corrected chi connectivity index (χ1v) is 4.23. The molecule has 13 heavy (non-hydrogen) atoms. The number of hydrogen-bond acceptors (Lipinski definition) is 1. The van der Waals surface area contributed by atoms with Crippen LogP contribution >= 0.6 is 0 Å². The maximum atomic E-state index is 11.0. The normalized spacial score (nSPS) is 9.69. The van der Waals surface area contributed by atoms with Gasteiger partial charge in [0.25, 0.3) is 5.91 Å². The van der Waals surface area contributed by atoms with Crippen molar-refractivity contribution in [1.82, 2.24) is 5.32 Å². The molecule has 0 saturated carbocycles. The van der Waals surface area contributed by atoms with Crippen LogP contribution in [0, 0.1) is 6.92 Å². The standard InChI is InChI=1S/C10H13N2O/c1-3-12-9-5-4-7(2)6-8(9)10(11)13/h4-6H,3H2,1-2H3,(H2,11,13). The zero-order valence-corrected chi connectivity index (χ0v) is 7.87. The second kappa shape index (κ2) is 3.94. The Balaban J connectivity index is 3.10. The Labute approximate surface area is 77.9 Å². The van der Waals surface area contributed by atoms with E-state index in [2.05, 4.69) is 5.32 Å². The van der Waals surface area contributed by atoms with Crippen LogP contribution in [0.2, 0.25) is 0 Å². The molecule has 0 aliphatic carbocycles. The first kappa shape index (κ1) is 9.58. The summed E-state index contributed by atoms with van der Waals surface area (Å²) in [5, 5.41) is 4.17. The lowest BCUT2D eigenvalue weighted by Crippen LogP contribution is -2.14. The van der Waals surface area contributed by atoms with Crippen LogP contribution in [0.4, 0.5) is 5.69 Å². The largest absolute Gasteiger partial charge is 0.366 e. The van der Waals surface area contributed by atoms with E-state index < -0.39 is 5.91 Å². The van der Waals surface area contributed by atoms with Gasteiger partial charge < -0.3 is 5.73 Å². The lowest BCUT2D eigenvalue weighted by atomic mass is 10.1. The average Bonchev–Trinajstić information content (AvgIpc) is 2.08. The number of amides is 1. The Bertz CT molecular complexity index is 321. The van der Waals surface area contributed by atoms with E-state index in [0.29, 0.717) is 17.8 Å². The van der Waals surface area contributed by atoms with Gasteiger partial charge in [0.15, 0.2) is 0 Å². The van der Waals surface area contributed by atoms with Gasteiger partial charge in [0.05, 0.1) is 11.3 Å². The molecule has 69 valence electrons. The molecule has 0 aromatic heterocycles. The van der Waals surface area contributed by atoms with Gasteiger partial charge in [-0.3, -0.25) is 10.1 Å². The number of nitrogens with zero attached hydrogens (tertiary/aromatic N) is 1. The van der Waals surface area contributed by atoms with Gasteiger partial charge in [-0.2, -0.15) is 0 Å². The molecule has 1 radical (unpaired) electrons. The summed E-state index contributed by atoms with van der Waals surface area (Å²) in [7, 11) is 0. The molecule has 3 nitrogen and oxygen atoms in total. The van der Waals surface area contributed by atoms with Gasteiger partial charge in [-0.1, -0.05) is 11.6 Å². The monoisotopic (exact) mass is 177 g/mol. The Kier molecular flexibility index (Phi) is 2.90. The van der Waals surface area contributed by atoms with E-state index in [1.807, 2.05) is 26.0 Å². The van der Waals surface area contributed by atoms with Crippen LogP contribution in [-0.2, 0) is 0 Å². The molecule has 1 aromatic carbocycles. The third-order valence-electron chi connectivity index (χ3n) is 1.75. The van der Waals surface area contributed by atoms with Crippen LogP contribution in [0.25, 0.3) is 0 Å². The molecule has 0 heterocycles. The molecular weight excluding hydrogens is 164 g/mol. The predicted octanol–water partition coefficient (Wildman–Crippen LogP) is 1.35. The van der Waals surface area contributed by atoms with Crippen LogP contribution in [0.3, 0.4) is 0 Å². The van der Waals surface area contributed by atoms with Gasteiger partial charge >= 0.3 is 0 Å². The summed E-state index contributed by atoms with van der Waals surface area (Å²) in [6.07, 6.45) is 0. The van der Waals surface area contributed by atoms with Gasteiger partial charge in [-0.25, -0.2) is 0 Å². The van der Waals surface area contributed by atoms with E-state index in [-0.39, 0.29) is 0 Å². The van der Waals surface area contributed by atoms with Crippen molar-refractivity contribution in [3.63, 3.8) is 0 Å². The molecule has 2 N–H and O–H groups in total. The Hall–Kier alpha value is -1.51. The maximum Gasteiger partial charge on any atom is 0.250 e. The molecule has 0 atom stereocenters. The zero-order valence-electron chi connectivity index (χ0n) is 7.87. The summed E-state index contributed by atoms with van der Waals surface area (Å²) in [4.78, 5) is 11.0. The Morgan fingerprint density at radius 1 is 1.54 bits per heavy atom. The van der Waals surface area contributed by atoms with Crippen molar-refractivity contribution in [2.75, 3.05) is 6.54 Å². The van der Waals surface area contributed by atoms with Gasteiger partial charge in [-0.15, -0.1) is 0 Å². The molecule has 0 aliphatic heterocycles. The van der Waals surface area contributed by atoms with E-state index >= 15 is 0 Å². The smallest absolute Gasteiger partial charge is 0.250 e. The molecule has 0 unspecified atom stereocenters. The van der Waals surface area contributed by atoms with Crippen molar-refractivity contribution < 1.29 is 4.79 Å². The number of rotatable bonds is 3. The number of benzene rings is 1. The van der Waals surface area contributed by atoms with Crippen LogP contribution in [0.15, 0.2) is 18.2 Å². The third-order valence-corrected chi connectivity index (χ3v) is 1.75. The van der Waals surface area contributed by atoms with Gasteiger partial charge in [0.1, 0.15) is 0 Å². The highest BCUT2D eigenvalue weighted by molar-refractivity contribution is 5.97. The van der Waals surface area contributed by atoms with Crippen molar-refractivity contribution in [1.29, 1.82) is 0 Å². The third kappa shape index (κ3) is 2.21. The van der Waals surface area contributed by atoms with Gasteiger partial charge in [0, 0.05) is 6.54 Å². The number of carbonyl (C=O) groups excluding carboxylic acids is 1. The van der Waals surface area contributed by atoms with E-state index in [1.54, 1.807) is 6.07 Å². The first-order valence-electron chi connectivity index (χ1n) is 4.23. The lowest BCUT2D eigenvalue weighted by Gasteiger charge is -2.05. The number of aryl methyl sites for hydroxylation is 1. The molecule has 0 aliphatic rings. The van der Waals surface area contributed by atoms with Crippen LogP contribution in [0.5, 0.6) is 0 Å². The Morgan fingerprint density at radius 2 is 2.23 bits per heavy atom. The van der Waals surface area contributed by atoms with Crippen LogP contribution in [-0.4, -0.2) is 12.5 Å². The van der Waals surface area contributed by atoms with Crippen molar-refractivity contribution in [3.05, 3.63) is 29.3 Å². The second-order valence-corrected chi connectivity index (χ2v) is 2.86. The fourth-order valence-corrected chi connectivity index (χ4v) is 1.16. The van der Waals surface area contributed by atoms with E-state index in [9.17, 15) is 4.79 Å². The van der Waals surface area contributed by atoms with Crippen LogP contribution < -0.4 is 11.1 Å². The first-order chi connectivity index (χ1) is 6.15. The number of primary amides is 1. The molecule has 0 saturated heterocycles. The quantitative estimate of drug-likeness (QED) is 0.744. The van der Waals surface area contributed by atoms with Crippen LogP contribution in [0.1, 0.15) is 22.8 Å². The minimum Gasteiger partial charge on any atom is -0.366 e. The highest BCUT2D eigenvalue weighted by Crippen LogP contribution is 2.16.